The molecule has 0 unspecified atom stereocenters. The molecule has 1 heterocycles. The van der Waals surface area contributed by atoms with Gasteiger partial charge in [-0.1, -0.05) is 30.3 Å². The average molecular weight is 258 g/mol. The zero-order valence-corrected chi connectivity index (χ0v) is 11.1. The third-order valence-corrected chi connectivity index (χ3v) is 3.50. The van der Waals surface area contributed by atoms with Gasteiger partial charge in [0.1, 0.15) is 6.61 Å². The lowest BCUT2D eigenvalue weighted by Crippen LogP contribution is -2.44. The number of hydrogen-bond donors (Lipinski definition) is 0. The topological polar surface area (TPSA) is 53.3 Å². The molecule has 4 heteroatoms. The van der Waals surface area contributed by atoms with Crippen molar-refractivity contribution in [3.8, 4) is 6.07 Å². The molecule has 1 aliphatic rings. The summed E-state index contributed by atoms with van der Waals surface area (Å²) in [7, 11) is 0. The Bertz CT molecular complexity index is 467. The van der Waals surface area contributed by atoms with Gasteiger partial charge < -0.3 is 9.64 Å². The molecule has 1 fully saturated rings. The Hall–Kier alpha value is -2.02. The average Bonchev–Trinajstić information content (AvgIpc) is 2.45. The summed E-state index contributed by atoms with van der Waals surface area (Å²) < 4.78 is 5.31. The number of nitrogens with zero attached hydrogens (tertiary/aromatic N) is 2. The van der Waals surface area contributed by atoms with Crippen LogP contribution in [-0.2, 0) is 11.3 Å². The number of rotatable bonds is 2. The van der Waals surface area contributed by atoms with Crippen LogP contribution < -0.4 is 0 Å². The summed E-state index contributed by atoms with van der Waals surface area (Å²) >= 11 is 0. The normalized spacial score (nSPS) is 22.6. The van der Waals surface area contributed by atoms with E-state index in [-0.39, 0.29) is 18.1 Å². The number of amides is 1. The number of carbonyl (C=O) groups is 1. The molecule has 1 aromatic rings. The van der Waals surface area contributed by atoms with Crippen LogP contribution in [0.1, 0.15) is 25.3 Å². The maximum Gasteiger partial charge on any atom is 0.410 e. The second-order valence-electron chi connectivity index (χ2n) is 4.93. The second kappa shape index (κ2) is 6.24. The van der Waals surface area contributed by atoms with Gasteiger partial charge in [-0.05, 0) is 25.3 Å². The zero-order valence-electron chi connectivity index (χ0n) is 11.1. The van der Waals surface area contributed by atoms with E-state index in [1.165, 1.54) is 0 Å². The largest absolute Gasteiger partial charge is 0.445 e. The van der Waals surface area contributed by atoms with E-state index in [2.05, 4.69) is 6.07 Å². The van der Waals surface area contributed by atoms with Gasteiger partial charge in [0.15, 0.2) is 0 Å². The third kappa shape index (κ3) is 3.47. The maximum absolute atomic E-state index is 12.0. The first kappa shape index (κ1) is 13.4. The third-order valence-electron chi connectivity index (χ3n) is 3.50. The van der Waals surface area contributed by atoms with Gasteiger partial charge in [-0.2, -0.15) is 5.26 Å². The highest BCUT2D eigenvalue weighted by Gasteiger charge is 2.29. The first-order valence-corrected chi connectivity index (χ1v) is 6.57. The monoisotopic (exact) mass is 258 g/mol. The number of benzene rings is 1. The van der Waals surface area contributed by atoms with E-state index < -0.39 is 0 Å². The van der Waals surface area contributed by atoms with Crippen molar-refractivity contribution >= 4 is 6.09 Å². The van der Waals surface area contributed by atoms with Gasteiger partial charge in [-0.3, -0.25) is 0 Å². The number of ether oxygens (including phenoxy) is 1. The summed E-state index contributed by atoms with van der Waals surface area (Å²) in [6, 6.07) is 12.0. The molecule has 0 spiro atoms. The van der Waals surface area contributed by atoms with E-state index >= 15 is 0 Å². The Labute approximate surface area is 113 Å². The molecule has 1 aliphatic heterocycles. The maximum atomic E-state index is 12.0. The predicted octanol–water partition coefficient (Wildman–Crippen LogP) is 2.95. The number of hydrogen-bond acceptors (Lipinski definition) is 3. The van der Waals surface area contributed by atoms with Crippen LogP contribution in [0.25, 0.3) is 0 Å². The Morgan fingerprint density at radius 3 is 2.84 bits per heavy atom. The standard InChI is InChI=1S/C15H18N2O2/c1-12-9-14(10-16)7-8-17(12)15(18)19-11-13-5-3-2-4-6-13/h2-6,12,14H,7-9,11H2,1H3/t12-,14+/m0/s1. The van der Waals surface area contributed by atoms with Gasteiger partial charge in [-0.15, -0.1) is 0 Å². The van der Waals surface area contributed by atoms with Crippen molar-refractivity contribution in [1.29, 1.82) is 5.26 Å². The highest BCUT2D eigenvalue weighted by molar-refractivity contribution is 5.68. The fraction of sp³-hybridized carbons (Fsp3) is 0.467. The molecule has 1 amide bonds. The molecule has 2 atom stereocenters. The Morgan fingerprint density at radius 1 is 1.47 bits per heavy atom. The van der Waals surface area contributed by atoms with Crippen molar-refractivity contribution in [1.82, 2.24) is 4.90 Å². The van der Waals surface area contributed by atoms with E-state index in [4.69, 9.17) is 10.00 Å². The van der Waals surface area contributed by atoms with Gasteiger partial charge in [0, 0.05) is 18.5 Å². The number of likely N-dealkylation sites (tertiary alicyclic amines) is 1. The van der Waals surface area contributed by atoms with Crippen LogP contribution in [-0.4, -0.2) is 23.6 Å². The van der Waals surface area contributed by atoms with E-state index in [0.717, 1.165) is 18.4 Å². The first-order valence-electron chi connectivity index (χ1n) is 6.57. The van der Waals surface area contributed by atoms with Gasteiger partial charge in [-0.25, -0.2) is 4.79 Å². The fourth-order valence-corrected chi connectivity index (χ4v) is 2.36. The van der Waals surface area contributed by atoms with Crippen LogP contribution in [0.15, 0.2) is 30.3 Å². The minimum atomic E-state index is -0.284. The molecule has 100 valence electrons. The SMILES string of the molecule is C[C@H]1C[C@H](C#N)CCN1C(=O)OCc1ccccc1. The molecular weight excluding hydrogens is 240 g/mol. The molecule has 4 nitrogen and oxygen atoms in total. The molecule has 0 aliphatic carbocycles. The minimum Gasteiger partial charge on any atom is -0.445 e. The molecule has 0 saturated carbocycles. The lowest BCUT2D eigenvalue weighted by molar-refractivity contribution is 0.0668. The lowest BCUT2D eigenvalue weighted by Gasteiger charge is -2.34. The predicted molar refractivity (Wildman–Crippen MR) is 71.1 cm³/mol. The quantitative estimate of drug-likeness (QED) is 0.819. The number of nitriles is 1. The van der Waals surface area contributed by atoms with Crippen molar-refractivity contribution in [2.45, 2.75) is 32.4 Å². The molecule has 1 saturated heterocycles. The van der Waals surface area contributed by atoms with Gasteiger partial charge in [0.25, 0.3) is 0 Å². The molecule has 0 radical (unpaired) electrons. The molecule has 0 N–H and O–H groups in total. The van der Waals surface area contributed by atoms with E-state index in [1.807, 2.05) is 37.3 Å². The van der Waals surface area contributed by atoms with Gasteiger partial charge >= 0.3 is 6.09 Å². The Morgan fingerprint density at radius 2 is 2.21 bits per heavy atom. The van der Waals surface area contributed by atoms with Crippen LogP contribution in [0.2, 0.25) is 0 Å². The highest BCUT2D eigenvalue weighted by atomic mass is 16.6. The molecule has 1 aromatic carbocycles. The summed E-state index contributed by atoms with van der Waals surface area (Å²) in [6.07, 6.45) is 1.19. The Balaban J connectivity index is 1.85. The Kier molecular flexibility index (Phi) is 4.40. The molecular formula is C15H18N2O2. The zero-order chi connectivity index (χ0) is 13.7. The van der Waals surface area contributed by atoms with Crippen molar-refractivity contribution in [3.63, 3.8) is 0 Å². The fourth-order valence-electron chi connectivity index (χ4n) is 2.36. The number of carbonyl (C=O) groups excluding carboxylic acids is 1. The summed E-state index contributed by atoms with van der Waals surface area (Å²) in [4.78, 5) is 13.7. The summed E-state index contributed by atoms with van der Waals surface area (Å²) in [6.45, 7) is 2.87. The molecule has 2 rings (SSSR count). The smallest absolute Gasteiger partial charge is 0.410 e. The molecule has 0 bridgehead atoms. The summed E-state index contributed by atoms with van der Waals surface area (Å²) in [5, 5.41) is 8.90. The van der Waals surface area contributed by atoms with Crippen LogP contribution in [0.5, 0.6) is 0 Å². The first-order chi connectivity index (χ1) is 9.20. The van der Waals surface area contributed by atoms with E-state index in [1.54, 1.807) is 4.90 Å². The van der Waals surface area contributed by atoms with Crippen LogP contribution >= 0.6 is 0 Å². The van der Waals surface area contributed by atoms with Crippen LogP contribution in [0.3, 0.4) is 0 Å². The lowest BCUT2D eigenvalue weighted by atomic mass is 9.93. The van der Waals surface area contributed by atoms with Gasteiger partial charge in [0.05, 0.1) is 6.07 Å². The van der Waals surface area contributed by atoms with Crippen molar-refractivity contribution < 1.29 is 9.53 Å². The van der Waals surface area contributed by atoms with E-state index in [9.17, 15) is 4.79 Å². The molecule has 0 aromatic heterocycles. The van der Waals surface area contributed by atoms with Gasteiger partial charge in [0.2, 0.25) is 0 Å². The van der Waals surface area contributed by atoms with Crippen molar-refractivity contribution in [2.24, 2.45) is 5.92 Å². The summed E-state index contributed by atoms with van der Waals surface area (Å²) in [5.74, 6) is 0.0631. The van der Waals surface area contributed by atoms with Crippen LogP contribution in [0.4, 0.5) is 4.79 Å². The second-order valence-corrected chi connectivity index (χ2v) is 4.93. The molecule has 19 heavy (non-hydrogen) atoms. The summed E-state index contributed by atoms with van der Waals surface area (Å²) in [5.41, 5.74) is 0.982. The highest BCUT2D eigenvalue weighted by Crippen LogP contribution is 2.22. The minimum absolute atomic E-state index is 0.0631. The van der Waals surface area contributed by atoms with Crippen molar-refractivity contribution in [2.75, 3.05) is 6.54 Å². The van der Waals surface area contributed by atoms with Crippen molar-refractivity contribution in [3.05, 3.63) is 35.9 Å². The van der Waals surface area contributed by atoms with Crippen LogP contribution in [0, 0.1) is 17.2 Å². The van der Waals surface area contributed by atoms with E-state index in [0.29, 0.717) is 13.2 Å². The number of piperidine rings is 1.